The molecule has 5 heteroatoms. The lowest BCUT2D eigenvalue weighted by molar-refractivity contribution is -0.120. The number of carbonyl (C=O) groups is 1. The number of hydrogen-bond donors (Lipinski definition) is 2. The molecule has 108 valence electrons. The lowest BCUT2D eigenvalue weighted by atomic mass is 10.1. The van der Waals surface area contributed by atoms with Crippen LogP contribution in [0, 0.1) is 0 Å². The van der Waals surface area contributed by atoms with Crippen LogP contribution < -0.4 is 10.2 Å². The average Bonchev–Trinajstić information content (AvgIpc) is 2.49. The van der Waals surface area contributed by atoms with Gasteiger partial charge in [-0.25, -0.2) is 5.43 Å². The molecule has 1 amide bonds. The van der Waals surface area contributed by atoms with Crippen molar-refractivity contribution in [3.63, 3.8) is 0 Å². The number of methoxy groups -OCH3 is 1. The van der Waals surface area contributed by atoms with E-state index in [1.807, 2.05) is 24.3 Å². The van der Waals surface area contributed by atoms with Crippen molar-refractivity contribution in [1.82, 2.24) is 5.43 Å². The quantitative estimate of drug-likeness (QED) is 0.652. The number of nitrogens with zero attached hydrogens (tertiary/aromatic N) is 1. The Balaban J connectivity index is 1.88. The van der Waals surface area contributed by atoms with E-state index in [9.17, 15) is 4.79 Å². The number of phenols is 1. The van der Waals surface area contributed by atoms with Gasteiger partial charge in [-0.3, -0.25) is 4.79 Å². The van der Waals surface area contributed by atoms with Gasteiger partial charge in [-0.1, -0.05) is 12.1 Å². The smallest absolute Gasteiger partial charge is 0.244 e. The van der Waals surface area contributed by atoms with Gasteiger partial charge in [-0.2, -0.15) is 5.10 Å². The molecule has 0 aliphatic carbocycles. The molecule has 0 aliphatic rings. The van der Waals surface area contributed by atoms with E-state index in [2.05, 4.69) is 10.5 Å². The molecular formula is C16H16N2O3. The number of benzene rings is 2. The monoisotopic (exact) mass is 284 g/mol. The summed E-state index contributed by atoms with van der Waals surface area (Å²) >= 11 is 0. The molecule has 2 aromatic carbocycles. The normalized spacial score (nSPS) is 10.5. The Hall–Kier alpha value is -2.82. The molecule has 2 aromatic rings. The Morgan fingerprint density at radius 2 is 2.05 bits per heavy atom. The number of hydrazone groups is 1. The number of hydrogen-bond acceptors (Lipinski definition) is 4. The summed E-state index contributed by atoms with van der Waals surface area (Å²) in [5, 5.41) is 13.0. The molecule has 0 atom stereocenters. The highest BCUT2D eigenvalue weighted by atomic mass is 16.5. The summed E-state index contributed by atoms with van der Waals surface area (Å²) < 4.78 is 5.10. The molecule has 0 radical (unpaired) electrons. The third kappa shape index (κ3) is 4.65. The highest BCUT2D eigenvalue weighted by molar-refractivity contribution is 5.83. The fourth-order valence-electron chi connectivity index (χ4n) is 1.75. The average molecular weight is 284 g/mol. The molecule has 0 saturated carbocycles. The second kappa shape index (κ2) is 7.09. The number of carbonyl (C=O) groups excluding carboxylic acids is 1. The van der Waals surface area contributed by atoms with Gasteiger partial charge < -0.3 is 9.84 Å². The fourth-order valence-corrected chi connectivity index (χ4v) is 1.75. The van der Waals surface area contributed by atoms with E-state index in [1.165, 1.54) is 6.21 Å². The molecule has 0 unspecified atom stereocenters. The predicted octanol–water partition coefficient (Wildman–Crippen LogP) is 2.09. The minimum Gasteiger partial charge on any atom is -0.508 e. The van der Waals surface area contributed by atoms with E-state index in [4.69, 9.17) is 9.84 Å². The maximum absolute atomic E-state index is 11.8. The molecule has 0 spiro atoms. The van der Waals surface area contributed by atoms with Crippen LogP contribution in [0.15, 0.2) is 53.6 Å². The lowest BCUT2D eigenvalue weighted by Crippen LogP contribution is -2.19. The Morgan fingerprint density at radius 3 is 2.76 bits per heavy atom. The summed E-state index contributed by atoms with van der Waals surface area (Å²) in [6, 6.07) is 13.8. The van der Waals surface area contributed by atoms with Crippen molar-refractivity contribution in [3.8, 4) is 11.5 Å². The van der Waals surface area contributed by atoms with Crippen LogP contribution >= 0.6 is 0 Å². The van der Waals surface area contributed by atoms with Crippen LogP contribution in [-0.2, 0) is 11.2 Å². The molecule has 0 aliphatic heterocycles. The maximum atomic E-state index is 11.8. The zero-order chi connectivity index (χ0) is 15.1. The van der Waals surface area contributed by atoms with Crippen molar-refractivity contribution in [1.29, 1.82) is 0 Å². The highest BCUT2D eigenvalue weighted by Gasteiger charge is 2.03. The van der Waals surface area contributed by atoms with Crippen LogP contribution in [0.2, 0.25) is 0 Å². The van der Waals surface area contributed by atoms with Gasteiger partial charge in [0.1, 0.15) is 11.5 Å². The molecule has 0 heterocycles. The highest BCUT2D eigenvalue weighted by Crippen LogP contribution is 2.12. The zero-order valence-corrected chi connectivity index (χ0v) is 11.6. The van der Waals surface area contributed by atoms with Crippen LogP contribution in [-0.4, -0.2) is 24.3 Å². The summed E-state index contributed by atoms with van der Waals surface area (Å²) in [6.07, 6.45) is 1.74. The molecule has 0 saturated heterocycles. The molecule has 5 nitrogen and oxygen atoms in total. The van der Waals surface area contributed by atoms with Gasteiger partial charge in [-0.05, 0) is 47.5 Å². The molecule has 0 bridgehead atoms. The number of amides is 1. The Bertz CT molecular complexity index is 636. The first-order valence-corrected chi connectivity index (χ1v) is 6.41. The van der Waals surface area contributed by atoms with E-state index in [-0.39, 0.29) is 18.1 Å². The summed E-state index contributed by atoms with van der Waals surface area (Å²) in [6.45, 7) is 0. The number of rotatable bonds is 5. The predicted molar refractivity (Wildman–Crippen MR) is 80.5 cm³/mol. The number of nitrogens with one attached hydrogen (secondary N) is 1. The van der Waals surface area contributed by atoms with Crippen LogP contribution in [0.4, 0.5) is 0 Å². The minimum absolute atomic E-state index is 0.189. The van der Waals surface area contributed by atoms with Crippen LogP contribution in [0.1, 0.15) is 11.1 Å². The molecular weight excluding hydrogens is 268 g/mol. The van der Waals surface area contributed by atoms with Gasteiger partial charge in [0.25, 0.3) is 0 Å². The summed E-state index contributed by atoms with van der Waals surface area (Å²) in [5.41, 5.74) is 4.10. The minimum atomic E-state index is -0.210. The van der Waals surface area contributed by atoms with E-state index in [0.717, 1.165) is 11.1 Å². The molecule has 2 N–H and O–H groups in total. The third-order valence-electron chi connectivity index (χ3n) is 2.79. The van der Waals surface area contributed by atoms with Gasteiger partial charge in [0.2, 0.25) is 5.91 Å². The largest absolute Gasteiger partial charge is 0.508 e. The van der Waals surface area contributed by atoms with E-state index in [0.29, 0.717) is 5.75 Å². The van der Waals surface area contributed by atoms with Crippen molar-refractivity contribution in [2.24, 2.45) is 5.10 Å². The van der Waals surface area contributed by atoms with Crippen LogP contribution in [0.5, 0.6) is 11.5 Å². The number of ether oxygens (including phenoxy) is 1. The van der Waals surface area contributed by atoms with Crippen LogP contribution in [0.25, 0.3) is 0 Å². The van der Waals surface area contributed by atoms with Crippen molar-refractivity contribution in [3.05, 3.63) is 59.7 Å². The van der Waals surface area contributed by atoms with Crippen LogP contribution in [0.3, 0.4) is 0 Å². The maximum Gasteiger partial charge on any atom is 0.244 e. The molecule has 21 heavy (non-hydrogen) atoms. The van der Waals surface area contributed by atoms with Gasteiger partial charge in [0.15, 0.2) is 0 Å². The second-order valence-corrected chi connectivity index (χ2v) is 4.41. The Morgan fingerprint density at radius 1 is 1.29 bits per heavy atom. The lowest BCUT2D eigenvalue weighted by Gasteiger charge is -2.03. The number of phenolic OH excluding ortho intramolecular Hbond substituents is 1. The van der Waals surface area contributed by atoms with Crippen molar-refractivity contribution < 1.29 is 14.6 Å². The first kappa shape index (κ1) is 14.6. The summed E-state index contributed by atoms with van der Waals surface area (Å²) in [7, 11) is 1.58. The SMILES string of the molecule is COc1cccc(CC(=O)N/N=C/c2ccc(O)cc2)c1. The van der Waals surface area contributed by atoms with Crippen molar-refractivity contribution in [2.75, 3.05) is 7.11 Å². The number of aromatic hydroxyl groups is 1. The Labute approximate surface area is 122 Å². The molecule has 0 aromatic heterocycles. The first-order valence-electron chi connectivity index (χ1n) is 6.41. The van der Waals surface area contributed by atoms with E-state index >= 15 is 0 Å². The molecule has 0 fully saturated rings. The summed E-state index contributed by atoms with van der Waals surface area (Å²) in [5.74, 6) is 0.695. The van der Waals surface area contributed by atoms with Crippen molar-refractivity contribution in [2.45, 2.75) is 6.42 Å². The van der Waals surface area contributed by atoms with Gasteiger partial charge in [0, 0.05) is 0 Å². The third-order valence-corrected chi connectivity index (χ3v) is 2.79. The topological polar surface area (TPSA) is 70.9 Å². The van der Waals surface area contributed by atoms with Gasteiger partial charge in [-0.15, -0.1) is 0 Å². The van der Waals surface area contributed by atoms with Gasteiger partial charge >= 0.3 is 0 Å². The van der Waals surface area contributed by atoms with Crippen molar-refractivity contribution >= 4 is 12.1 Å². The standard InChI is InChI=1S/C16H16N2O3/c1-21-15-4-2-3-13(9-15)10-16(20)18-17-11-12-5-7-14(19)8-6-12/h2-9,11,19H,10H2,1H3,(H,18,20)/b17-11+. The van der Waals surface area contributed by atoms with E-state index in [1.54, 1.807) is 31.4 Å². The second-order valence-electron chi connectivity index (χ2n) is 4.41. The molecule has 2 rings (SSSR count). The van der Waals surface area contributed by atoms with Gasteiger partial charge in [0.05, 0.1) is 19.7 Å². The fraction of sp³-hybridized carbons (Fsp3) is 0.125. The Kier molecular flexibility index (Phi) is 4.93. The summed E-state index contributed by atoms with van der Waals surface area (Å²) in [4.78, 5) is 11.8. The zero-order valence-electron chi connectivity index (χ0n) is 11.6. The first-order chi connectivity index (χ1) is 10.2. The van der Waals surface area contributed by atoms with E-state index < -0.39 is 0 Å².